The molecule has 25 heavy (non-hydrogen) atoms. The molecule has 1 aromatic carbocycles. The van der Waals surface area contributed by atoms with Crippen LogP contribution in [0.4, 0.5) is 30.6 Å². The van der Waals surface area contributed by atoms with Gasteiger partial charge in [-0.2, -0.15) is 18.2 Å². The van der Waals surface area contributed by atoms with E-state index < -0.39 is 11.9 Å². The summed E-state index contributed by atoms with van der Waals surface area (Å²) in [5.74, 6) is -0.217. The molecule has 0 saturated carbocycles. The fourth-order valence-corrected chi connectivity index (χ4v) is 2.98. The molecule has 2 heterocycles. The topological polar surface area (TPSA) is 83.0 Å². The lowest BCUT2D eigenvalue weighted by Gasteiger charge is -2.12. The SMILES string of the molecule is Cc1nc2cc(Nc3cc(C(F)(F)F)nc(NCCO)n3)ccc2s1. The summed E-state index contributed by atoms with van der Waals surface area (Å²) in [6.45, 7) is 1.68. The van der Waals surface area contributed by atoms with Crippen LogP contribution in [0.3, 0.4) is 0 Å². The van der Waals surface area contributed by atoms with Crippen LogP contribution in [0.25, 0.3) is 10.2 Å². The van der Waals surface area contributed by atoms with E-state index >= 15 is 0 Å². The molecule has 0 spiro atoms. The summed E-state index contributed by atoms with van der Waals surface area (Å²) in [6, 6.07) is 6.17. The van der Waals surface area contributed by atoms with Gasteiger partial charge in [0.2, 0.25) is 5.95 Å². The molecule has 0 unspecified atom stereocenters. The van der Waals surface area contributed by atoms with Gasteiger partial charge >= 0.3 is 6.18 Å². The molecular formula is C15H14F3N5OS. The molecule has 3 aromatic rings. The first-order valence-corrected chi connectivity index (χ1v) is 8.12. The Morgan fingerprint density at radius 3 is 2.68 bits per heavy atom. The van der Waals surface area contributed by atoms with Crippen molar-refractivity contribution < 1.29 is 18.3 Å². The second-order valence-electron chi connectivity index (χ2n) is 5.15. The molecule has 2 aromatic heterocycles. The summed E-state index contributed by atoms with van der Waals surface area (Å²) in [5.41, 5.74) is 0.255. The molecule has 6 nitrogen and oxygen atoms in total. The summed E-state index contributed by atoms with van der Waals surface area (Å²) in [6.07, 6.45) is -4.61. The summed E-state index contributed by atoms with van der Waals surface area (Å²) < 4.78 is 40.0. The molecule has 0 bridgehead atoms. The fourth-order valence-electron chi connectivity index (χ4n) is 2.17. The van der Waals surface area contributed by atoms with E-state index in [1.54, 1.807) is 12.1 Å². The molecule has 0 aliphatic carbocycles. The van der Waals surface area contributed by atoms with Crippen molar-refractivity contribution in [3.05, 3.63) is 35.0 Å². The number of benzene rings is 1. The van der Waals surface area contributed by atoms with Crippen LogP contribution in [0.15, 0.2) is 24.3 Å². The number of aryl methyl sites for hydroxylation is 1. The van der Waals surface area contributed by atoms with Gasteiger partial charge in [0.15, 0.2) is 5.69 Å². The summed E-state index contributed by atoms with van der Waals surface area (Å²) in [7, 11) is 0. The third-order valence-electron chi connectivity index (χ3n) is 3.18. The van der Waals surface area contributed by atoms with Crippen LogP contribution in [0.2, 0.25) is 0 Å². The summed E-state index contributed by atoms with van der Waals surface area (Å²) >= 11 is 1.54. The Morgan fingerprint density at radius 1 is 1.16 bits per heavy atom. The number of rotatable bonds is 5. The van der Waals surface area contributed by atoms with Gasteiger partial charge in [0.1, 0.15) is 5.82 Å². The van der Waals surface area contributed by atoms with Crippen molar-refractivity contribution in [1.29, 1.82) is 0 Å². The standard InChI is InChI=1S/C15H14F3N5OS/c1-8-20-10-6-9(2-3-11(10)25-8)21-13-7-12(15(16,17)18)22-14(23-13)19-4-5-24/h2-3,6-7,24H,4-5H2,1H3,(H2,19,21,22,23). The van der Waals surface area contributed by atoms with Gasteiger partial charge in [-0.1, -0.05) is 0 Å². The molecule has 0 fully saturated rings. The fraction of sp³-hybridized carbons (Fsp3) is 0.267. The second-order valence-corrected chi connectivity index (χ2v) is 6.39. The Balaban J connectivity index is 1.93. The van der Waals surface area contributed by atoms with Crippen molar-refractivity contribution >= 4 is 39.0 Å². The van der Waals surface area contributed by atoms with Crippen LogP contribution >= 0.6 is 11.3 Å². The third-order valence-corrected chi connectivity index (χ3v) is 4.13. The van der Waals surface area contributed by atoms with E-state index in [2.05, 4.69) is 25.6 Å². The number of nitrogens with one attached hydrogen (secondary N) is 2. The minimum absolute atomic E-state index is 0.00549. The number of nitrogens with zero attached hydrogens (tertiary/aromatic N) is 3. The van der Waals surface area contributed by atoms with Gasteiger partial charge in [0.05, 0.1) is 21.8 Å². The minimum atomic E-state index is -4.61. The van der Waals surface area contributed by atoms with Gasteiger partial charge in [-0.05, 0) is 25.1 Å². The van der Waals surface area contributed by atoms with Crippen molar-refractivity contribution in [3.8, 4) is 0 Å². The molecule has 0 aliphatic heterocycles. The summed E-state index contributed by atoms with van der Waals surface area (Å²) in [4.78, 5) is 11.8. The number of hydrogen-bond acceptors (Lipinski definition) is 7. The van der Waals surface area contributed by atoms with Crippen LogP contribution in [0.1, 0.15) is 10.7 Å². The van der Waals surface area contributed by atoms with Crippen LogP contribution in [-0.4, -0.2) is 33.2 Å². The molecule has 132 valence electrons. The Morgan fingerprint density at radius 2 is 1.96 bits per heavy atom. The number of aromatic nitrogens is 3. The number of fused-ring (bicyclic) bond motifs is 1. The second kappa shape index (κ2) is 6.81. The molecule has 0 radical (unpaired) electrons. The third kappa shape index (κ3) is 4.15. The highest BCUT2D eigenvalue weighted by Gasteiger charge is 2.33. The maximum absolute atomic E-state index is 13.0. The zero-order chi connectivity index (χ0) is 18.0. The van der Waals surface area contributed by atoms with E-state index in [9.17, 15) is 13.2 Å². The number of alkyl halides is 3. The molecule has 3 N–H and O–H groups in total. The predicted molar refractivity (Wildman–Crippen MR) is 90.2 cm³/mol. The van der Waals surface area contributed by atoms with E-state index in [0.29, 0.717) is 5.69 Å². The molecule has 0 atom stereocenters. The first-order chi connectivity index (χ1) is 11.8. The molecule has 0 aliphatic rings. The van der Waals surface area contributed by atoms with Crippen molar-refractivity contribution in [2.75, 3.05) is 23.8 Å². The first-order valence-electron chi connectivity index (χ1n) is 7.30. The van der Waals surface area contributed by atoms with E-state index in [1.165, 1.54) is 11.3 Å². The number of aliphatic hydroxyl groups excluding tert-OH is 1. The lowest BCUT2D eigenvalue weighted by molar-refractivity contribution is -0.141. The highest BCUT2D eigenvalue weighted by atomic mass is 32.1. The zero-order valence-electron chi connectivity index (χ0n) is 13.1. The molecule has 0 amide bonds. The van der Waals surface area contributed by atoms with Gasteiger partial charge in [0, 0.05) is 18.3 Å². The van der Waals surface area contributed by atoms with Gasteiger partial charge in [-0.15, -0.1) is 11.3 Å². The van der Waals surface area contributed by atoms with Gasteiger partial charge in [-0.3, -0.25) is 0 Å². The highest BCUT2D eigenvalue weighted by Crippen LogP contribution is 2.31. The van der Waals surface area contributed by atoms with Gasteiger partial charge < -0.3 is 15.7 Å². The Labute approximate surface area is 144 Å². The molecule has 0 saturated heterocycles. The molecule has 3 rings (SSSR count). The van der Waals surface area contributed by atoms with Crippen LogP contribution in [0.5, 0.6) is 0 Å². The van der Waals surface area contributed by atoms with E-state index in [-0.39, 0.29) is 24.9 Å². The number of aliphatic hydroxyl groups is 1. The normalized spacial score (nSPS) is 11.7. The van der Waals surface area contributed by atoms with E-state index in [4.69, 9.17) is 5.11 Å². The largest absolute Gasteiger partial charge is 0.433 e. The molecular weight excluding hydrogens is 355 g/mol. The monoisotopic (exact) mass is 369 g/mol. The quantitative estimate of drug-likeness (QED) is 0.638. The van der Waals surface area contributed by atoms with Crippen LogP contribution < -0.4 is 10.6 Å². The van der Waals surface area contributed by atoms with Crippen molar-refractivity contribution in [1.82, 2.24) is 15.0 Å². The predicted octanol–water partition coefficient (Wildman–Crippen LogP) is 3.56. The van der Waals surface area contributed by atoms with Crippen LogP contribution in [-0.2, 0) is 6.18 Å². The number of hydrogen-bond donors (Lipinski definition) is 3. The first kappa shape index (κ1) is 17.4. The van der Waals surface area contributed by atoms with Crippen molar-refractivity contribution in [2.45, 2.75) is 13.1 Å². The van der Waals surface area contributed by atoms with Crippen LogP contribution in [0, 0.1) is 6.92 Å². The number of anilines is 3. The van der Waals surface area contributed by atoms with E-state index in [0.717, 1.165) is 21.3 Å². The lowest BCUT2D eigenvalue weighted by Crippen LogP contribution is -2.15. The number of halogens is 3. The average Bonchev–Trinajstić information content (AvgIpc) is 2.91. The van der Waals surface area contributed by atoms with Crippen molar-refractivity contribution in [2.24, 2.45) is 0 Å². The van der Waals surface area contributed by atoms with Gasteiger partial charge in [-0.25, -0.2) is 9.97 Å². The average molecular weight is 369 g/mol. The Kier molecular flexibility index (Phi) is 4.73. The lowest BCUT2D eigenvalue weighted by atomic mass is 10.3. The Hall–Kier alpha value is -2.46. The summed E-state index contributed by atoms with van der Waals surface area (Å²) in [5, 5.41) is 15.1. The number of thiazole rings is 1. The Bertz CT molecular complexity index is 896. The van der Waals surface area contributed by atoms with E-state index in [1.807, 2.05) is 13.0 Å². The minimum Gasteiger partial charge on any atom is -0.395 e. The zero-order valence-corrected chi connectivity index (χ0v) is 13.9. The smallest absolute Gasteiger partial charge is 0.395 e. The van der Waals surface area contributed by atoms with Gasteiger partial charge in [0.25, 0.3) is 0 Å². The highest BCUT2D eigenvalue weighted by molar-refractivity contribution is 7.18. The maximum atomic E-state index is 13.0. The molecule has 10 heteroatoms. The maximum Gasteiger partial charge on any atom is 0.433 e. The van der Waals surface area contributed by atoms with Crippen molar-refractivity contribution in [3.63, 3.8) is 0 Å².